The Hall–Kier alpha value is -3.40. The lowest BCUT2D eigenvalue weighted by Gasteiger charge is -2.34. The number of nitro benzene ring substituents is 1. The van der Waals surface area contributed by atoms with Crippen LogP contribution < -0.4 is 14.4 Å². The summed E-state index contributed by atoms with van der Waals surface area (Å²) in [5.74, 6) is 1.48. The first kappa shape index (κ1) is 20.9. The van der Waals surface area contributed by atoms with Gasteiger partial charge in [0.25, 0.3) is 5.69 Å². The number of nitro groups is 1. The second kappa shape index (κ2) is 8.76. The SMILES string of the molecule is COc1ccc(OC)c2sc(N3CCN(C(=O)Cc4ccc([N+](=O)[O-])cc4)CC3)nc12. The van der Waals surface area contributed by atoms with Crippen molar-refractivity contribution in [1.82, 2.24) is 9.88 Å². The molecule has 1 saturated heterocycles. The lowest BCUT2D eigenvalue weighted by Crippen LogP contribution is -2.49. The van der Waals surface area contributed by atoms with Crippen molar-refractivity contribution in [3.63, 3.8) is 0 Å². The van der Waals surface area contributed by atoms with Gasteiger partial charge in [-0.05, 0) is 17.7 Å². The molecule has 0 saturated carbocycles. The maximum atomic E-state index is 12.7. The number of hydrogen-bond donors (Lipinski definition) is 0. The zero-order valence-corrected chi connectivity index (χ0v) is 18.1. The largest absolute Gasteiger partial charge is 0.495 e. The van der Waals surface area contributed by atoms with Crippen LogP contribution in [0.1, 0.15) is 5.56 Å². The zero-order chi connectivity index (χ0) is 22.0. The standard InChI is InChI=1S/C21H22N4O5S/c1-29-16-7-8-17(30-2)20-19(16)22-21(31-20)24-11-9-23(10-12-24)18(26)13-14-3-5-15(6-4-14)25(27)28/h3-8H,9-13H2,1-2H3. The van der Waals surface area contributed by atoms with E-state index < -0.39 is 4.92 Å². The summed E-state index contributed by atoms with van der Waals surface area (Å²) < 4.78 is 11.8. The number of rotatable bonds is 6. The molecule has 1 aliphatic rings. The minimum Gasteiger partial charge on any atom is -0.495 e. The van der Waals surface area contributed by atoms with Gasteiger partial charge in [-0.2, -0.15) is 0 Å². The van der Waals surface area contributed by atoms with Crippen molar-refractivity contribution in [2.45, 2.75) is 6.42 Å². The van der Waals surface area contributed by atoms with E-state index >= 15 is 0 Å². The van der Waals surface area contributed by atoms with Gasteiger partial charge in [0.2, 0.25) is 5.91 Å². The average Bonchev–Trinajstić information content (AvgIpc) is 3.24. The average molecular weight is 442 g/mol. The predicted molar refractivity (Wildman–Crippen MR) is 118 cm³/mol. The smallest absolute Gasteiger partial charge is 0.269 e. The quantitative estimate of drug-likeness (QED) is 0.427. The molecular weight excluding hydrogens is 420 g/mol. The molecule has 1 aliphatic heterocycles. The Balaban J connectivity index is 1.41. The molecule has 9 nitrogen and oxygen atoms in total. The van der Waals surface area contributed by atoms with Gasteiger partial charge in [0, 0.05) is 38.3 Å². The van der Waals surface area contributed by atoms with Crippen molar-refractivity contribution >= 4 is 38.3 Å². The maximum absolute atomic E-state index is 12.7. The van der Waals surface area contributed by atoms with Gasteiger partial charge in [-0.25, -0.2) is 4.98 Å². The molecule has 4 rings (SSSR count). The number of thiazole rings is 1. The van der Waals surface area contributed by atoms with Crippen molar-refractivity contribution in [1.29, 1.82) is 0 Å². The van der Waals surface area contributed by atoms with E-state index in [-0.39, 0.29) is 18.0 Å². The third-order valence-electron chi connectivity index (χ3n) is 5.30. The van der Waals surface area contributed by atoms with Crippen LogP contribution in [0.4, 0.5) is 10.8 Å². The lowest BCUT2D eigenvalue weighted by atomic mass is 10.1. The lowest BCUT2D eigenvalue weighted by molar-refractivity contribution is -0.384. The first-order chi connectivity index (χ1) is 15.0. The van der Waals surface area contributed by atoms with Crippen molar-refractivity contribution in [2.75, 3.05) is 45.3 Å². The Bertz CT molecular complexity index is 1070. The number of fused-ring (bicyclic) bond motifs is 1. The highest BCUT2D eigenvalue weighted by Gasteiger charge is 2.24. The first-order valence-electron chi connectivity index (χ1n) is 9.77. The molecule has 10 heteroatoms. The Labute approximate surface area is 183 Å². The Morgan fingerprint density at radius 2 is 1.71 bits per heavy atom. The molecule has 162 valence electrons. The van der Waals surface area contributed by atoms with Gasteiger partial charge in [-0.1, -0.05) is 23.5 Å². The van der Waals surface area contributed by atoms with Crippen LogP contribution in [0.5, 0.6) is 11.5 Å². The number of ether oxygens (including phenoxy) is 2. The summed E-state index contributed by atoms with van der Waals surface area (Å²) in [7, 11) is 3.26. The molecule has 0 spiro atoms. The van der Waals surface area contributed by atoms with Crippen LogP contribution >= 0.6 is 11.3 Å². The zero-order valence-electron chi connectivity index (χ0n) is 17.2. The minimum absolute atomic E-state index is 0.0149. The third kappa shape index (κ3) is 4.24. The monoisotopic (exact) mass is 442 g/mol. The van der Waals surface area contributed by atoms with Gasteiger partial charge in [0.15, 0.2) is 5.13 Å². The summed E-state index contributed by atoms with van der Waals surface area (Å²) in [4.78, 5) is 31.7. The molecular formula is C21H22N4O5S. The van der Waals surface area contributed by atoms with Gasteiger partial charge >= 0.3 is 0 Å². The van der Waals surface area contributed by atoms with Gasteiger partial charge in [-0.15, -0.1) is 0 Å². The molecule has 0 unspecified atom stereocenters. The maximum Gasteiger partial charge on any atom is 0.269 e. The van der Waals surface area contributed by atoms with Crippen molar-refractivity contribution in [2.24, 2.45) is 0 Å². The van der Waals surface area contributed by atoms with Crippen LogP contribution in [0, 0.1) is 10.1 Å². The molecule has 0 bridgehead atoms. The summed E-state index contributed by atoms with van der Waals surface area (Å²) in [6.45, 7) is 2.54. The first-order valence-corrected chi connectivity index (χ1v) is 10.6. The van der Waals surface area contributed by atoms with Crippen LogP contribution in [0.25, 0.3) is 10.2 Å². The number of anilines is 1. The number of methoxy groups -OCH3 is 2. The van der Waals surface area contributed by atoms with Gasteiger partial charge < -0.3 is 19.3 Å². The normalized spacial score (nSPS) is 14.0. The highest BCUT2D eigenvalue weighted by atomic mass is 32.1. The fourth-order valence-corrected chi connectivity index (χ4v) is 4.70. The molecule has 1 fully saturated rings. The Morgan fingerprint density at radius 1 is 1.06 bits per heavy atom. The number of hydrogen-bond acceptors (Lipinski definition) is 8. The van der Waals surface area contributed by atoms with Crippen LogP contribution in [0.3, 0.4) is 0 Å². The number of piperazine rings is 1. The van der Waals surface area contributed by atoms with Crippen LogP contribution in [-0.2, 0) is 11.2 Å². The van der Waals surface area contributed by atoms with E-state index in [1.54, 1.807) is 37.7 Å². The molecule has 2 heterocycles. The molecule has 0 aliphatic carbocycles. The number of aromatic nitrogens is 1. The summed E-state index contributed by atoms with van der Waals surface area (Å²) in [5, 5.41) is 11.6. The van der Waals surface area contributed by atoms with Crippen molar-refractivity contribution < 1.29 is 19.2 Å². The fourth-order valence-electron chi connectivity index (χ4n) is 3.58. The highest BCUT2D eigenvalue weighted by Crippen LogP contribution is 2.40. The Morgan fingerprint density at radius 3 is 2.32 bits per heavy atom. The van der Waals surface area contributed by atoms with E-state index in [4.69, 9.17) is 14.5 Å². The van der Waals surface area contributed by atoms with E-state index in [9.17, 15) is 14.9 Å². The van der Waals surface area contributed by atoms with E-state index in [1.165, 1.54) is 12.1 Å². The van der Waals surface area contributed by atoms with E-state index in [2.05, 4.69) is 4.90 Å². The summed E-state index contributed by atoms with van der Waals surface area (Å²) in [5.41, 5.74) is 1.57. The summed E-state index contributed by atoms with van der Waals surface area (Å²) >= 11 is 1.55. The summed E-state index contributed by atoms with van der Waals surface area (Å²) in [6.07, 6.45) is 0.230. The molecule has 0 N–H and O–H groups in total. The molecule has 2 aromatic carbocycles. The number of benzene rings is 2. The third-order valence-corrected chi connectivity index (χ3v) is 6.44. The van der Waals surface area contributed by atoms with Crippen LogP contribution in [-0.4, -0.2) is 61.1 Å². The van der Waals surface area contributed by atoms with E-state index in [0.29, 0.717) is 31.9 Å². The Kier molecular flexibility index (Phi) is 5.90. The van der Waals surface area contributed by atoms with E-state index in [0.717, 1.165) is 26.7 Å². The molecule has 1 amide bonds. The van der Waals surface area contributed by atoms with Crippen LogP contribution in [0.2, 0.25) is 0 Å². The number of carbonyl (C=O) groups is 1. The molecule has 31 heavy (non-hydrogen) atoms. The van der Waals surface area contributed by atoms with E-state index in [1.807, 2.05) is 17.0 Å². The minimum atomic E-state index is -0.446. The van der Waals surface area contributed by atoms with Gasteiger partial charge in [0.05, 0.1) is 25.6 Å². The van der Waals surface area contributed by atoms with Gasteiger partial charge in [-0.3, -0.25) is 14.9 Å². The van der Waals surface area contributed by atoms with Gasteiger partial charge in [0.1, 0.15) is 21.7 Å². The topological polar surface area (TPSA) is 98.0 Å². The predicted octanol–water partition coefficient (Wildman–Crippen LogP) is 3.11. The molecule has 0 radical (unpaired) electrons. The number of carbonyl (C=O) groups excluding carboxylic acids is 1. The molecule has 3 aromatic rings. The molecule has 1 aromatic heterocycles. The highest BCUT2D eigenvalue weighted by molar-refractivity contribution is 7.22. The number of amides is 1. The van der Waals surface area contributed by atoms with Crippen molar-refractivity contribution in [3.8, 4) is 11.5 Å². The number of nitrogens with zero attached hydrogens (tertiary/aromatic N) is 4. The van der Waals surface area contributed by atoms with Crippen LogP contribution in [0.15, 0.2) is 36.4 Å². The van der Waals surface area contributed by atoms with Crippen molar-refractivity contribution in [3.05, 3.63) is 52.1 Å². The summed E-state index contributed by atoms with van der Waals surface area (Å²) in [6, 6.07) is 9.84. The molecule has 0 atom stereocenters. The second-order valence-electron chi connectivity index (χ2n) is 7.11. The second-order valence-corrected chi connectivity index (χ2v) is 8.09. The number of non-ortho nitro benzene ring substituents is 1. The fraction of sp³-hybridized carbons (Fsp3) is 0.333.